The molecule has 0 aromatic carbocycles. The first-order valence-electron chi connectivity index (χ1n) is 6.40. The maximum atomic E-state index is 12.4. The van der Waals surface area contributed by atoms with Crippen LogP contribution in [0.2, 0.25) is 0 Å². The molecule has 0 bridgehead atoms. The molecule has 2 heterocycles. The topological polar surface area (TPSA) is 55.2 Å². The van der Waals surface area contributed by atoms with Gasteiger partial charge in [-0.3, -0.25) is 4.68 Å². The van der Waals surface area contributed by atoms with Crippen LogP contribution < -0.4 is 0 Å². The summed E-state index contributed by atoms with van der Waals surface area (Å²) in [5.41, 5.74) is 2.89. The van der Waals surface area contributed by atoms with Gasteiger partial charge in [-0.05, 0) is 32.2 Å². The van der Waals surface area contributed by atoms with E-state index in [1.54, 1.807) is 24.6 Å². The van der Waals surface area contributed by atoms with E-state index in [4.69, 9.17) is 0 Å². The van der Waals surface area contributed by atoms with E-state index in [2.05, 4.69) is 5.10 Å². The van der Waals surface area contributed by atoms with Crippen molar-refractivity contribution in [2.75, 3.05) is 7.05 Å². The number of aryl methyl sites for hydroxylation is 2. The highest BCUT2D eigenvalue weighted by atomic mass is 32.2. The molecule has 0 radical (unpaired) electrons. The first-order valence-corrected chi connectivity index (χ1v) is 8.72. The van der Waals surface area contributed by atoms with Crippen molar-refractivity contribution in [3.8, 4) is 0 Å². The largest absolute Gasteiger partial charge is 0.270 e. The number of hydrogen-bond acceptors (Lipinski definition) is 4. The van der Waals surface area contributed by atoms with E-state index in [0.29, 0.717) is 10.8 Å². The van der Waals surface area contributed by atoms with E-state index in [0.717, 1.165) is 23.5 Å². The molecule has 0 saturated carbocycles. The lowest BCUT2D eigenvalue weighted by Gasteiger charge is -2.16. The highest BCUT2D eigenvalue weighted by molar-refractivity contribution is 7.91. The Morgan fingerprint density at radius 3 is 2.60 bits per heavy atom. The predicted molar refractivity (Wildman–Crippen MR) is 80.3 cm³/mol. The second-order valence-corrected chi connectivity index (χ2v) is 7.88. The standard InChI is InChI=1S/C13H19N3O2S2/c1-5-16-11(3)12(10(2)14-16)9-15(4)20(17,18)13-7-6-8-19-13/h6-8H,5,9H2,1-4H3. The van der Waals surface area contributed by atoms with Crippen molar-refractivity contribution in [3.63, 3.8) is 0 Å². The number of aromatic nitrogens is 2. The van der Waals surface area contributed by atoms with Gasteiger partial charge in [0.2, 0.25) is 0 Å². The Hall–Kier alpha value is -1.18. The smallest absolute Gasteiger partial charge is 0.252 e. The molecule has 110 valence electrons. The fourth-order valence-electron chi connectivity index (χ4n) is 2.14. The summed E-state index contributed by atoms with van der Waals surface area (Å²) < 4.78 is 28.5. The van der Waals surface area contributed by atoms with Crippen LogP contribution >= 0.6 is 11.3 Å². The van der Waals surface area contributed by atoms with Gasteiger partial charge in [-0.15, -0.1) is 11.3 Å². The Balaban J connectivity index is 2.29. The molecular weight excluding hydrogens is 294 g/mol. The lowest BCUT2D eigenvalue weighted by atomic mass is 10.2. The van der Waals surface area contributed by atoms with Crippen LogP contribution in [0.3, 0.4) is 0 Å². The van der Waals surface area contributed by atoms with Crippen molar-refractivity contribution in [1.29, 1.82) is 0 Å². The number of thiophene rings is 1. The molecule has 0 unspecified atom stereocenters. The van der Waals surface area contributed by atoms with Crippen molar-refractivity contribution in [2.24, 2.45) is 0 Å². The van der Waals surface area contributed by atoms with Gasteiger partial charge in [0.1, 0.15) is 4.21 Å². The molecule has 2 rings (SSSR count). The molecule has 5 nitrogen and oxygen atoms in total. The highest BCUT2D eigenvalue weighted by Crippen LogP contribution is 2.23. The van der Waals surface area contributed by atoms with Crippen molar-refractivity contribution >= 4 is 21.4 Å². The molecular formula is C13H19N3O2S2. The quantitative estimate of drug-likeness (QED) is 0.852. The van der Waals surface area contributed by atoms with E-state index < -0.39 is 10.0 Å². The van der Waals surface area contributed by atoms with Crippen LogP contribution in [0.25, 0.3) is 0 Å². The molecule has 0 fully saturated rings. The molecule has 2 aromatic rings. The molecule has 0 amide bonds. The molecule has 0 N–H and O–H groups in total. The summed E-state index contributed by atoms with van der Waals surface area (Å²) in [5, 5.41) is 6.19. The van der Waals surface area contributed by atoms with Gasteiger partial charge in [0.25, 0.3) is 10.0 Å². The zero-order chi connectivity index (χ0) is 14.9. The van der Waals surface area contributed by atoms with Crippen LogP contribution in [0, 0.1) is 13.8 Å². The summed E-state index contributed by atoms with van der Waals surface area (Å²) in [4.78, 5) is 0. The molecule has 0 aliphatic rings. The van der Waals surface area contributed by atoms with Crippen molar-refractivity contribution < 1.29 is 8.42 Å². The van der Waals surface area contributed by atoms with Crippen LogP contribution in [0.5, 0.6) is 0 Å². The maximum absolute atomic E-state index is 12.4. The Morgan fingerprint density at radius 1 is 1.40 bits per heavy atom. The Bertz CT molecular complexity index is 688. The van der Waals surface area contributed by atoms with E-state index in [9.17, 15) is 8.42 Å². The van der Waals surface area contributed by atoms with Crippen molar-refractivity contribution in [1.82, 2.24) is 14.1 Å². The van der Waals surface area contributed by atoms with E-state index in [1.807, 2.05) is 25.5 Å². The molecule has 2 aromatic heterocycles. The fourth-order valence-corrected chi connectivity index (χ4v) is 4.48. The predicted octanol–water partition coefficient (Wildman–Crippen LogP) is 2.40. The molecule has 0 spiro atoms. The highest BCUT2D eigenvalue weighted by Gasteiger charge is 2.24. The number of hydrogen-bond donors (Lipinski definition) is 0. The van der Waals surface area contributed by atoms with Crippen LogP contribution in [-0.4, -0.2) is 29.6 Å². The summed E-state index contributed by atoms with van der Waals surface area (Å²) in [5.74, 6) is 0. The second kappa shape index (κ2) is 5.67. The lowest BCUT2D eigenvalue weighted by Crippen LogP contribution is -2.26. The number of rotatable bonds is 5. The van der Waals surface area contributed by atoms with Crippen LogP contribution in [0.4, 0.5) is 0 Å². The summed E-state index contributed by atoms with van der Waals surface area (Å²) in [6.07, 6.45) is 0. The van der Waals surface area contributed by atoms with Crippen LogP contribution in [-0.2, 0) is 23.1 Å². The van der Waals surface area contributed by atoms with Crippen molar-refractivity contribution in [2.45, 2.75) is 38.1 Å². The Labute approximate surface area is 123 Å². The average Bonchev–Trinajstić information content (AvgIpc) is 3.02. The number of nitrogens with zero attached hydrogens (tertiary/aromatic N) is 3. The van der Waals surface area contributed by atoms with Gasteiger partial charge in [0.05, 0.1) is 5.69 Å². The summed E-state index contributed by atoms with van der Waals surface area (Å²) in [6.45, 7) is 7.05. The van der Waals surface area contributed by atoms with Gasteiger partial charge in [0, 0.05) is 31.4 Å². The minimum atomic E-state index is -3.41. The number of sulfonamides is 1. The second-order valence-electron chi connectivity index (χ2n) is 4.66. The summed E-state index contributed by atoms with van der Waals surface area (Å²) >= 11 is 1.24. The molecule has 0 saturated heterocycles. The van der Waals surface area contributed by atoms with Crippen LogP contribution in [0.1, 0.15) is 23.9 Å². The van der Waals surface area contributed by atoms with E-state index >= 15 is 0 Å². The molecule has 0 aliphatic carbocycles. The minimum Gasteiger partial charge on any atom is -0.270 e. The first kappa shape index (κ1) is 15.2. The van der Waals surface area contributed by atoms with Crippen LogP contribution in [0.15, 0.2) is 21.7 Å². The van der Waals surface area contributed by atoms with Gasteiger partial charge in [-0.1, -0.05) is 6.07 Å². The zero-order valence-electron chi connectivity index (χ0n) is 12.1. The maximum Gasteiger partial charge on any atom is 0.252 e. The SMILES string of the molecule is CCn1nc(C)c(CN(C)S(=O)(=O)c2cccs2)c1C. The Kier molecular flexibility index (Phi) is 4.31. The summed E-state index contributed by atoms with van der Waals surface area (Å²) in [6, 6.07) is 3.38. The zero-order valence-corrected chi connectivity index (χ0v) is 13.8. The fraction of sp³-hybridized carbons (Fsp3) is 0.462. The molecule has 20 heavy (non-hydrogen) atoms. The van der Waals surface area contributed by atoms with Crippen molar-refractivity contribution in [3.05, 3.63) is 34.5 Å². The average molecular weight is 313 g/mol. The molecule has 7 heteroatoms. The monoisotopic (exact) mass is 313 g/mol. The van der Waals surface area contributed by atoms with Gasteiger partial charge in [0.15, 0.2) is 0 Å². The van der Waals surface area contributed by atoms with E-state index in [1.165, 1.54) is 15.6 Å². The minimum absolute atomic E-state index is 0.345. The lowest BCUT2D eigenvalue weighted by molar-refractivity contribution is 0.466. The van der Waals surface area contributed by atoms with Gasteiger partial charge < -0.3 is 0 Å². The first-order chi connectivity index (χ1) is 9.37. The Morgan fingerprint density at radius 2 is 2.10 bits per heavy atom. The third kappa shape index (κ3) is 2.65. The van der Waals surface area contributed by atoms with Gasteiger partial charge in [-0.25, -0.2) is 8.42 Å². The normalized spacial score (nSPS) is 12.2. The van der Waals surface area contributed by atoms with Gasteiger partial charge >= 0.3 is 0 Å². The molecule has 0 aliphatic heterocycles. The third-order valence-corrected chi connectivity index (χ3v) is 6.55. The van der Waals surface area contributed by atoms with E-state index in [-0.39, 0.29) is 0 Å². The van der Waals surface area contributed by atoms with Gasteiger partial charge in [-0.2, -0.15) is 9.40 Å². The molecule has 0 atom stereocenters. The third-order valence-electron chi connectivity index (χ3n) is 3.37. The summed E-state index contributed by atoms with van der Waals surface area (Å²) in [7, 11) is -1.80.